The van der Waals surface area contributed by atoms with Crippen molar-refractivity contribution < 1.29 is 55.6 Å². The molecule has 0 aliphatic carbocycles. The van der Waals surface area contributed by atoms with E-state index in [4.69, 9.17) is 60.1 Å². The third-order valence-corrected chi connectivity index (χ3v) is 15.0. The zero-order chi connectivity index (χ0) is 45.7. The minimum atomic E-state index is -3.78. The largest absolute Gasteiger partial charge is 0.606 e. The first-order chi connectivity index (χ1) is 31.8. The summed E-state index contributed by atoms with van der Waals surface area (Å²) in [6.45, 7) is 0.640. The van der Waals surface area contributed by atoms with Crippen molar-refractivity contribution in [2.75, 3.05) is 42.7 Å². The highest BCUT2D eigenvalue weighted by Crippen LogP contribution is 2.69. The van der Waals surface area contributed by atoms with Crippen LogP contribution in [0.1, 0.15) is 33.4 Å². The summed E-state index contributed by atoms with van der Waals surface area (Å²) >= 11 is 0. The van der Waals surface area contributed by atoms with E-state index >= 15 is 0 Å². The first kappa shape index (κ1) is 49.2. The molecule has 0 unspecified atom stereocenters. The van der Waals surface area contributed by atoms with Crippen LogP contribution in [0.15, 0.2) is 150 Å². The lowest BCUT2D eigenvalue weighted by Gasteiger charge is -2.22. The first-order valence-electron chi connectivity index (χ1n) is 20.4. The van der Waals surface area contributed by atoms with Gasteiger partial charge in [0.1, 0.15) is 60.9 Å². The van der Waals surface area contributed by atoms with E-state index < -0.39 is 24.7 Å². The van der Waals surface area contributed by atoms with Crippen LogP contribution in [0.4, 0.5) is 0 Å². The number of hydrogen-bond donors (Lipinski definition) is 1. The molecule has 0 saturated heterocycles. The first-order valence-corrected chi connectivity index (χ1v) is 24.3. The van der Waals surface area contributed by atoms with Crippen LogP contribution in [0.5, 0.6) is 34.5 Å². The highest BCUT2D eigenvalue weighted by molar-refractivity contribution is 7.74. The van der Waals surface area contributed by atoms with Gasteiger partial charge in [-0.25, -0.2) is 0 Å². The Bertz CT molecular complexity index is 2270. The lowest BCUT2D eigenvalue weighted by Crippen LogP contribution is -2.17. The molecule has 0 aliphatic rings. The molecule has 6 aromatic carbocycles. The average molecular weight is 945 g/mol. The summed E-state index contributed by atoms with van der Waals surface area (Å²) < 4.78 is 78.9. The molecule has 0 bridgehead atoms. The monoisotopic (exact) mass is 944 g/mol. The maximum absolute atomic E-state index is 6.97. The van der Waals surface area contributed by atoms with E-state index in [1.807, 2.05) is 146 Å². The second kappa shape index (κ2) is 26.1. The Balaban J connectivity index is 1.46. The number of benzene rings is 6. The average Bonchev–Trinajstić information content (AvgIpc) is 3.37. The Morgan fingerprint density at radius 1 is 0.400 bits per heavy atom. The zero-order valence-corrected chi connectivity index (χ0v) is 40.0. The quantitative estimate of drug-likeness (QED) is 0.0491. The summed E-state index contributed by atoms with van der Waals surface area (Å²) in [4.78, 5) is 3.54. The topological polar surface area (TPSA) is 135 Å². The molecule has 0 fully saturated rings. The predicted molar refractivity (Wildman–Crippen MR) is 253 cm³/mol. The Kier molecular flexibility index (Phi) is 19.8. The van der Waals surface area contributed by atoms with Crippen LogP contribution in [0.2, 0.25) is 0 Å². The molecule has 6 rings (SSSR count). The zero-order valence-electron chi connectivity index (χ0n) is 37.3. The number of rotatable bonds is 27. The molecule has 0 amide bonds. The number of methoxy groups -OCH3 is 6. The van der Waals surface area contributed by atoms with Crippen molar-refractivity contribution in [3.8, 4) is 34.5 Å². The number of nitrogens with zero attached hydrogens (tertiary/aromatic N) is 1. The predicted octanol–water partition coefficient (Wildman–Crippen LogP) is 12.3. The van der Waals surface area contributed by atoms with Crippen molar-refractivity contribution in [1.82, 2.24) is 4.86 Å². The standard InChI is InChI=1S/C48H55N2O12P3/c1-51-43-19-7-13-37(25-43)31-57-63(58-32-38-14-8-20-44(26-38)52-2)49-65(61-35-41-17-11-23-47(29-41)55-5,62-36-42-18-12-24-48(30-42)56-6)50-64(59-33-39-15-9-21-45(27-39)53-3)60-34-40-16-10-22-46(28-40)54-4/h7-30,49H,31-36H2,1-6H3/q+2. The lowest BCUT2D eigenvalue weighted by atomic mass is 10.2. The van der Waals surface area contributed by atoms with E-state index in [0.717, 1.165) is 33.4 Å². The van der Waals surface area contributed by atoms with Crippen molar-refractivity contribution >= 4 is 24.7 Å². The third kappa shape index (κ3) is 16.0. The Hall–Kier alpha value is -5.20. The van der Waals surface area contributed by atoms with Gasteiger partial charge in [-0.15, -0.1) is 9.05 Å². The van der Waals surface area contributed by atoms with E-state index in [1.165, 1.54) is 0 Å². The van der Waals surface area contributed by atoms with Gasteiger partial charge in [0.2, 0.25) is 4.52 Å². The Labute approximate surface area is 384 Å². The van der Waals surface area contributed by atoms with Crippen molar-refractivity contribution in [2.24, 2.45) is 4.52 Å². The summed E-state index contributed by atoms with van der Waals surface area (Å²) in [6.07, 6.45) is 0. The van der Waals surface area contributed by atoms with E-state index in [1.54, 1.807) is 42.7 Å². The maximum atomic E-state index is 6.97. The molecular weight excluding hydrogens is 889 g/mol. The fourth-order valence-corrected chi connectivity index (χ4v) is 11.8. The van der Waals surface area contributed by atoms with Gasteiger partial charge in [0.25, 0.3) is 8.53 Å². The second-order valence-electron chi connectivity index (χ2n) is 14.0. The summed E-state index contributed by atoms with van der Waals surface area (Å²) in [5.41, 5.74) is 4.99. The molecule has 342 valence electrons. The van der Waals surface area contributed by atoms with Gasteiger partial charge in [0.15, 0.2) is 0 Å². The highest BCUT2D eigenvalue weighted by atomic mass is 31.3. The van der Waals surface area contributed by atoms with Gasteiger partial charge in [0.05, 0.1) is 55.9 Å². The minimum absolute atomic E-state index is 0.0451. The fraction of sp³-hybridized carbons (Fsp3) is 0.250. The van der Waals surface area contributed by atoms with Crippen molar-refractivity contribution in [2.45, 2.75) is 39.6 Å². The normalized spacial score (nSPS) is 11.2. The van der Waals surface area contributed by atoms with Crippen molar-refractivity contribution in [3.63, 3.8) is 0 Å². The molecule has 1 N–H and O–H groups in total. The van der Waals surface area contributed by atoms with E-state index in [9.17, 15) is 0 Å². The van der Waals surface area contributed by atoms with Crippen LogP contribution in [-0.2, 0) is 66.8 Å². The van der Waals surface area contributed by atoms with Gasteiger partial charge in [0, 0.05) is 0 Å². The SMILES string of the molecule is COc1cccc(COP(N[P+](N=[P+](OCc2cccc(OC)c2)OCc2cccc(OC)c2)(OCc2cccc(OC)c2)OCc2cccc(OC)c2)OCc2cccc(OC)c2)c1. The van der Waals surface area contributed by atoms with Gasteiger partial charge in [-0.1, -0.05) is 72.8 Å². The fourth-order valence-electron chi connectivity index (χ4n) is 5.97. The molecule has 14 nitrogen and oxygen atoms in total. The molecule has 0 atom stereocenters. The van der Waals surface area contributed by atoms with Gasteiger partial charge in [-0.2, -0.15) is 9.05 Å². The molecule has 0 saturated carbocycles. The van der Waals surface area contributed by atoms with Crippen molar-refractivity contribution in [1.29, 1.82) is 0 Å². The molecule has 65 heavy (non-hydrogen) atoms. The molecule has 17 heteroatoms. The minimum Gasteiger partial charge on any atom is -0.497 e. The van der Waals surface area contributed by atoms with Crippen LogP contribution in [0, 0.1) is 0 Å². The highest BCUT2D eigenvalue weighted by Gasteiger charge is 2.55. The van der Waals surface area contributed by atoms with E-state index in [2.05, 4.69) is 4.86 Å². The third-order valence-electron chi connectivity index (χ3n) is 9.40. The van der Waals surface area contributed by atoms with Gasteiger partial charge < -0.3 is 37.5 Å². The second-order valence-corrected chi connectivity index (χ2v) is 19.1. The summed E-state index contributed by atoms with van der Waals surface area (Å²) in [6, 6.07) is 45.6. The molecular formula is C48H55N2O12P3+2. The lowest BCUT2D eigenvalue weighted by molar-refractivity contribution is 0.199. The number of ether oxygens (including phenoxy) is 6. The van der Waals surface area contributed by atoms with E-state index in [0.29, 0.717) is 34.5 Å². The summed E-state index contributed by atoms with van der Waals surface area (Å²) in [5, 5.41) is 0. The summed E-state index contributed by atoms with van der Waals surface area (Å²) in [5.74, 6) is 4.06. The maximum Gasteiger partial charge on any atom is 0.606 e. The molecule has 0 aromatic heterocycles. The van der Waals surface area contributed by atoms with Crippen LogP contribution < -0.4 is 33.3 Å². The van der Waals surface area contributed by atoms with Gasteiger partial charge in [-0.05, 0) is 111 Å². The Morgan fingerprint density at radius 3 is 0.969 bits per heavy atom. The molecule has 6 aromatic rings. The molecule has 0 radical (unpaired) electrons. The number of nitrogens with one attached hydrogen (secondary N) is 1. The van der Waals surface area contributed by atoms with Crippen LogP contribution >= 0.6 is 24.7 Å². The van der Waals surface area contributed by atoms with Crippen LogP contribution in [0.3, 0.4) is 0 Å². The molecule has 0 heterocycles. The van der Waals surface area contributed by atoms with E-state index in [-0.39, 0.29) is 39.6 Å². The Morgan fingerprint density at radius 2 is 0.677 bits per heavy atom. The molecule has 0 spiro atoms. The summed E-state index contributed by atoms with van der Waals surface area (Å²) in [7, 11) is 1.71. The van der Waals surface area contributed by atoms with Gasteiger partial charge in [-0.3, -0.25) is 0 Å². The van der Waals surface area contributed by atoms with Crippen LogP contribution in [0.25, 0.3) is 0 Å². The van der Waals surface area contributed by atoms with Gasteiger partial charge >= 0.3 is 16.2 Å². The van der Waals surface area contributed by atoms with Crippen molar-refractivity contribution in [3.05, 3.63) is 179 Å². The number of hydrogen-bond acceptors (Lipinski definition) is 14. The molecule has 0 aliphatic heterocycles. The smallest absolute Gasteiger partial charge is 0.497 e. The van der Waals surface area contributed by atoms with Crippen LogP contribution in [-0.4, -0.2) is 42.7 Å².